The molecule has 0 N–H and O–H groups in total. The number of nitrogens with zero attached hydrogens (tertiary/aromatic N) is 4. The summed E-state index contributed by atoms with van der Waals surface area (Å²) in [5.74, 6) is 1.22. The van der Waals surface area contributed by atoms with Crippen LogP contribution in [0.1, 0.15) is 36.2 Å². The summed E-state index contributed by atoms with van der Waals surface area (Å²) in [6, 6.07) is 28.1. The van der Waals surface area contributed by atoms with Crippen LogP contribution >= 0.6 is 0 Å². The third-order valence-corrected chi connectivity index (χ3v) is 6.97. The van der Waals surface area contributed by atoms with Crippen LogP contribution in [0, 0.1) is 0 Å². The lowest BCUT2D eigenvalue weighted by molar-refractivity contribution is 0.130. The van der Waals surface area contributed by atoms with Crippen LogP contribution in [-0.4, -0.2) is 39.3 Å². The zero-order valence-corrected chi connectivity index (χ0v) is 18.3. The third-order valence-electron chi connectivity index (χ3n) is 6.97. The predicted molar refractivity (Wildman–Crippen MR) is 131 cm³/mol. The third kappa shape index (κ3) is 3.65. The fourth-order valence-electron chi connectivity index (χ4n) is 5.00. The lowest BCUT2D eigenvalue weighted by Gasteiger charge is -2.36. The molecule has 0 radical (unpaired) electrons. The molecule has 0 atom stereocenters. The van der Waals surface area contributed by atoms with E-state index in [0.717, 1.165) is 60.1 Å². The number of benzene rings is 3. The number of aromatic nitrogens is 2. The second kappa shape index (κ2) is 8.36. The van der Waals surface area contributed by atoms with E-state index >= 15 is 0 Å². The van der Waals surface area contributed by atoms with Crippen molar-refractivity contribution in [3.63, 3.8) is 0 Å². The maximum absolute atomic E-state index is 5.09. The Balaban J connectivity index is 1.35. The standard InChI is InChI=1S/C28H28N4/c1-3-8-21(9-4-1)28(22-10-5-2-6-11-22)29-23-14-15-26-25(20-23)30-27-16-17-31(18-19-32(26)27)24-12-7-13-24/h1-6,8-11,14-15,20,24H,7,12-13,16-19H2. The first-order valence-corrected chi connectivity index (χ1v) is 11.8. The molecule has 0 unspecified atom stereocenters. The molecule has 0 bridgehead atoms. The summed E-state index contributed by atoms with van der Waals surface area (Å²) in [7, 11) is 0. The van der Waals surface area contributed by atoms with Crippen molar-refractivity contribution in [2.24, 2.45) is 4.99 Å². The van der Waals surface area contributed by atoms with E-state index in [-0.39, 0.29) is 0 Å². The molecular formula is C28H28N4. The molecule has 0 spiro atoms. The molecule has 160 valence electrons. The fraction of sp³-hybridized carbons (Fsp3) is 0.286. The summed E-state index contributed by atoms with van der Waals surface area (Å²) in [6.45, 7) is 3.30. The zero-order chi connectivity index (χ0) is 21.3. The molecule has 2 aliphatic rings. The Morgan fingerprint density at radius 1 is 0.812 bits per heavy atom. The van der Waals surface area contributed by atoms with Crippen molar-refractivity contribution in [3.05, 3.63) is 95.8 Å². The maximum Gasteiger partial charge on any atom is 0.111 e. The van der Waals surface area contributed by atoms with E-state index in [1.165, 1.54) is 30.6 Å². The van der Waals surface area contributed by atoms with Crippen molar-refractivity contribution in [1.29, 1.82) is 0 Å². The van der Waals surface area contributed by atoms with Crippen molar-refractivity contribution in [1.82, 2.24) is 14.5 Å². The van der Waals surface area contributed by atoms with Gasteiger partial charge >= 0.3 is 0 Å². The van der Waals surface area contributed by atoms with E-state index in [2.05, 4.69) is 76.2 Å². The summed E-state index contributed by atoms with van der Waals surface area (Å²) >= 11 is 0. The smallest absolute Gasteiger partial charge is 0.111 e. The van der Waals surface area contributed by atoms with Gasteiger partial charge in [0.15, 0.2) is 0 Å². The van der Waals surface area contributed by atoms with E-state index in [1.807, 2.05) is 12.1 Å². The van der Waals surface area contributed by atoms with Gasteiger partial charge in [0.2, 0.25) is 0 Å². The van der Waals surface area contributed by atoms with E-state index in [4.69, 9.17) is 9.98 Å². The Labute approximate surface area is 189 Å². The first kappa shape index (κ1) is 19.4. The van der Waals surface area contributed by atoms with Crippen LogP contribution in [0.2, 0.25) is 0 Å². The molecule has 6 rings (SSSR count). The summed E-state index contributed by atoms with van der Waals surface area (Å²) < 4.78 is 2.43. The molecule has 2 heterocycles. The normalized spacial score (nSPS) is 16.9. The van der Waals surface area contributed by atoms with Crippen LogP contribution in [0.3, 0.4) is 0 Å². The second-order valence-electron chi connectivity index (χ2n) is 8.92. The van der Waals surface area contributed by atoms with Crippen LogP contribution in [0.4, 0.5) is 5.69 Å². The molecule has 3 aromatic carbocycles. The van der Waals surface area contributed by atoms with Gasteiger partial charge in [-0.05, 0) is 31.0 Å². The Bertz CT molecular complexity index is 1210. The molecule has 1 saturated carbocycles. The van der Waals surface area contributed by atoms with E-state index in [9.17, 15) is 0 Å². The van der Waals surface area contributed by atoms with Crippen molar-refractivity contribution >= 4 is 22.4 Å². The summed E-state index contributed by atoms with van der Waals surface area (Å²) in [4.78, 5) is 12.8. The van der Waals surface area contributed by atoms with Gasteiger partial charge in [0.25, 0.3) is 0 Å². The Morgan fingerprint density at radius 3 is 2.19 bits per heavy atom. The number of aliphatic imine (C=N–C) groups is 1. The first-order chi connectivity index (χ1) is 15.8. The van der Waals surface area contributed by atoms with Gasteiger partial charge in [0.1, 0.15) is 5.82 Å². The summed E-state index contributed by atoms with van der Waals surface area (Å²) in [6.07, 6.45) is 5.17. The molecule has 1 aliphatic heterocycles. The number of rotatable bonds is 4. The van der Waals surface area contributed by atoms with Crippen molar-refractivity contribution in [2.45, 2.75) is 38.3 Å². The zero-order valence-electron chi connectivity index (χ0n) is 18.3. The van der Waals surface area contributed by atoms with Crippen molar-refractivity contribution in [3.8, 4) is 0 Å². The largest absolute Gasteiger partial charge is 0.327 e. The van der Waals surface area contributed by atoms with Gasteiger partial charge in [0, 0.05) is 43.2 Å². The van der Waals surface area contributed by atoms with Crippen LogP contribution < -0.4 is 0 Å². The van der Waals surface area contributed by atoms with Gasteiger partial charge in [-0.25, -0.2) is 9.98 Å². The summed E-state index contributed by atoms with van der Waals surface area (Å²) in [5.41, 5.74) is 6.47. The van der Waals surface area contributed by atoms with Crippen molar-refractivity contribution in [2.75, 3.05) is 13.1 Å². The minimum absolute atomic E-state index is 0.807. The summed E-state index contributed by atoms with van der Waals surface area (Å²) in [5, 5.41) is 0. The van der Waals surface area contributed by atoms with Gasteiger partial charge in [0.05, 0.1) is 22.4 Å². The second-order valence-corrected chi connectivity index (χ2v) is 8.92. The molecule has 1 aliphatic carbocycles. The highest BCUT2D eigenvalue weighted by Gasteiger charge is 2.27. The molecule has 0 amide bonds. The van der Waals surface area contributed by atoms with Crippen LogP contribution in [0.5, 0.6) is 0 Å². The quantitative estimate of drug-likeness (QED) is 0.402. The molecular weight excluding hydrogens is 392 g/mol. The lowest BCUT2D eigenvalue weighted by atomic mass is 9.91. The van der Waals surface area contributed by atoms with Gasteiger partial charge in [-0.2, -0.15) is 0 Å². The van der Waals surface area contributed by atoms with E-state index < -0.39 is 0 Å². The number of fused-ring (bicyclic) bond motifs is 3. The average Bonchev–Trinajstić information content (AvgIpc) is 3.03. The number of imidazole rings is 1. The predicted octanol–water partition coefficient (Wildman–Crippen LogP) is 5.62. The van der Waals surface area contributed by atoms with Crippen molar-refractivity contribution < 1.29 is 0 Å². The highest BCUT2D eigenvalue weighted by atomic mass is 15.2. The van der Waals surface area contributed by atoms with Crippen LogP contribution in [0.25, 0.3) is 11.0 Å². The molecule has 0 saturated heterocycles. The minimum atomic E-state index is 0.807. The molecule has 32 heavy (non-hydrogen) atoms. The van der Waals surface area contributed by atoms with Gasteiger partial charge in [-0.15, -0.1) is 0 Å². The van der Waals surface area contributed by atoms with E-state index in [0.29, 0.717) is 0 Å². The molecule has 1 fully saturated rings. The Morgan fingerprint density at radius 2 is 1.53 bits per heavy atom. The Kier molecular flexibility index (Phi) is 5.08. The topological polar surface area (TPSA) is 33.4 Å². The Hall–Kier alpha value is -3.24. The van der Waals surface area contributed by atoms with Gasteiger partial charge < -0.3 is 4.57 Å². The van der Waals surface area contributed by atoms with Gasteiger partial charge in [-0.1, -0.05) is 67.1 Å². The SMILES string of the molecule is c1ccc(C(=Nc2ccc3c(c2)nc2n3CCN(C3CCC3)CC2)c2ccccc2)cc1. The monoisotopic (exact) mass is 420 g/mol. The van der Waals surface area contributed by atoms with E-state index in [1.54, 1.807) is 0 Å². The average molecular weight is 421 g/mol. The lowest BCUT2D eigenvalue weighted by Crippen LogP contribution is -2.41. The number of hydrogen-bond acceptors (Lipinski definition) is 3. The van der Waals surface area contributed by atoms with Gasteiger partial charge in [-0.3, -0.25) is 4.90 Å². The molecule has 4 aromatic rings. The van der Waals surface area contributed by atoms with Crippen LogP contribution in [0.15, 0.2) is 83.9 Å². The number of hydrogen-bond donors (Lipinski definition) is 0. The minimum Gasteiger partial charge on any atom is -0.327 e. The highest BCUT2D eigenvalue weighted by Crippen LogP contribution is 2.29. The highest BCUT2D eigenvalue weighted by molar-refractivity contribution is 6.14. The maximum atomic E-state index is 5.09. The molecule has 1 aromatic heterocycles. The fourth-order valence-corrected chi connectivity index (χ4v) is 5.00. The van der Waals surface area contributed by atoms with Crippen LogP contribution in [-0.2, 0) is 13.0 Å². The molecule has 4 heteroatoms. The first-order valence-electron chi connectivity index (χ1n) is 11.8. The molecule has 4 nitrogen and oxygen atoms in total.